The van der Waals surface area contributed by atoms with E-state index in [2.05, 4.69) is 0 Å². The molecule has 0 aliphatic rings. The molecule has 0 spiro atoms. The van der Waals surface area contributed by atoms with E-state index in [1.54, 1.807) is 0 Å². The van der Waals surface area contributed by atoms with E-state index >= 15 is 0 Å². The molecule has 2 rings (SSSR count). The van der Waals surface area contributed by atoms with Gasteiger partial charge < -0.3 is 9.47 Å². The summed E-state index contributed by atoms with van der Waals surface area (Å²) < 4.78 is 11.3. The van der Waals surface area contributed by atoms with E-state index in [9.17, 15) is 0 Å². The van der Waals surface area contributed by atoms with Gasteiger partial charge in [-0.1, -0.05) is 18.2 Å². The third kappa shape index (κ3) is 4.87. The molecule has 0 aliphatic carbocycles. The molecule has 0 radical (unpaired) electrons. The van der Waals surface area contributed by atoms with Crippen LogP contribution in [-0.4, -0.2) is 12.4 Å². The van der Waals surface area contributed by atoms with Crippen LogP contribution in [0.5, 0.6) is 17.2 Å². The Morgan fingerprint density at radius 2 is 1.55 bits per heavy atom. The van der Waals surface area contributed by atoms with Gasteiger partial charge in [0.1, 0.15) is 22.6 Å². The fourth-order valence-corrected chi connectivity index (χ4v) is 1.95. The number of thiocyanates is 1. The van der Waals surface area contributed by atoms with Crippen LogP contribution in [0.4, 0.5) is 0 Å². The van der Waals surface area contributed by atoms with Gasteiger partial charge in [0.15, 0.2) is 0 Å². The van der Waals surface area contributed by atoms with Crippen LogP contribution in [0.25, 0.3) is 0 Å². The molecule has 20 heavy (non-hydrogen) atoms. The highest BCUT2D eigenvalue weighted by molar-refractivity contribution is 8.03. The minimum atomic E-state index is 0.619. The highest BCUT2D eigenvalue weighted by Gasteiger charge is 1.98. The molecule has 2 aromatic carbocycles. The fraction of sp³-hybridized carbons (Fsp3) is 0.188. The monoisotopic (exact) mass is 285 g/mol. The van der Waals surface area contributed by atoms with Gasteiger partial charge in [-0.3, -0.25) is 0 Å². The van der Waals surface area contributed by atoms with Crippen molar-refractivity contribution in [2.45, 2.75) is 6.42 Å². The molecule has 0 fully saturated rings. The maximum absolute atomic E-state index is 8.39. The number of ether oxygens (including phenoxy) is 2. The standard InChI is InChI=1S/C16H15NO2S/c17-13-20-12-4-11-18-14-7-9-16(10-8-14)19-15-5-2-1-3-6-15/h1-3,5-10H,4,11-12H2. The van der Waals surface area contributed by atoms with Gasteiger partial charge in [-0.05, 0) is 54.6 Å². The van der Waals surface area contributed by atoms with Crippen LogP contribution in [0.3, 0.4) is 0 Å². The maximum atomic E-state index is 8.39. The van der Waals surface area contributed by atoms with E-state index < -0.39 is 0 Å². The number of thioether (sulfide) groups is 1. The number of nitriles is 1. The Morgan fingerprint density at radius 1 is 0.900 bits per heavy atom. The summed E-state index contributed by atoms with van der Waals surface area (Å²) in [5.74, 6) is 3.21. The van der Waals surface area contributed by atoms with E-state index in [1.165, 1.54) is 11.8 Å². The molecular formula is C16H15NO2S. The zero-order chi connectivity index (χ0) is 14.0. The molecule has 0 bridgehead atoms. The van der Waals surface area contributed by atoms with E-state index in [4.69, 9.17) is 14.7 Å². The largest absolute Gasteiger partial charge is 0.494 e. The average Bonchev–Trinajstić information content (AvgIpc) is 2.50. The molecule has 0 heterocycles. The molecule has 0 atom stereocenters. The third-order valence-electron chi connectivity index (χ3n) is 2.53. The van der Waals surface area contributed by atoms with Crippen molar-refractivity contribution in [3.8, 4) is 22.6 Å². The number of hydrogen-bond acceptors (Lipinski definition) is 4. The normalized spacial score (nSPS) is 9.75. The molecule has 0 unspecified atom stereocenters. The number of nitrogens with zero attached hydrogens (tertiary/aromatic N) is 1. The van der Waals surface area contributed by atoms with Crippen LogP contribution < -0.4 is 9.47 Å². The molecule has 2 aromatic rings. The topological polar surface area (TPSA) is 42.2 Å². The van der Waals surface area contributed by atoms with Crippen LogP contribution in [0.1, 0.15) is 6.42 Å². The summed E-state index contributed by atoms with van der Waals surface area (Å²) in [5, 5.41) is 10.4. The zero-order valence-corrected chi connectivity index (χ0v) is 11.8. The van der Waals surface area contributed by atoms with Crippen molar-refractivity contribution in [1.82, 2.24) is 0 Å². The molecule has 0 saturated heterocycles. The van der Waals surface area contributed by atoms with Crippen LogP contribution in [0.2, 0.25) is 0 Å². The Kier molecular flexibility index (Phi) is 5.81. The second-order valence-corrected chi connectivity index (χ2v) is 4.91. The molecule has 0 N–H and O–H groups in total. The van der Waals surface area contributed by atoms with Gasteiger partial charge in [0.05, 0.1) is 6.61 Å². The first-order chi connectivity index (χ1) is 9.88. The summed E-state index contributed by atoms with van der Waals surface area (Å²) >= 11 is 1.25. The van der Waals surface area contributed by atoms with Gasteiger partial charge >= 0.3 is 0 Å². The minimum absolute atomic E-state index is 0.619. The van der Waals surface area contributed by atoms with Crippen molar-refractivity contribution >= 4 is 11.8 Å². The second-order valence-electron chi connectivity index (χ2n) is 4.03. The van der Waals surface area contributed by atoms with Gasteiger partial charge in [0.25, 0.3) is 0 Å². The highest BCUT2D eigenvalue weighted by atomic mass is 32.2. The van der Waals surface area contributed by atoms with Gasteiger partial charge in [-0.2, -0.15) is 5.26 Å². The van der Waals surface area contributed by atoms with Crippen LogP contribution in [0.15, 0.2) is 54.6 Å². The van der Waals surface area contributed by atoms with Crippen LogP contribution in [0, 0.1) is 10.7 Å². The number of para-hydroxylation sites is 1. The number of benzene rings is 2. The average molecular weight is 285 g/mol. The SMILES string of the molecule is N#CSCCCOc1ccc(Oc2ccccc2)cc1. The molecule has 3 nitrogen and oxygen atoms in total. The summed E-state index contributed by atoms with van der Waals surface area (Å²) in [6.45, 7) is 0.619. The minimum Gasteiger partial charge on any atom is -0.494 e. The zero-order valence-electron chi connectivity index (χ0n) is 11.0. The Bertz CT molecular complexity index is 549. The van der Waals surface area contributed by atoms with Gasteiger partial charge in [-0.15, -0.1) is 0 Å². The third-order valence-corrected chi connectivity index (χ3v) is 3.15. The highest BCUT2D eigenvalue weighted by Crippen LogP contribution is 2.23. The van der Waals surface area contributed by atoms with Crippen molar-refractivity contribution in [1.29, 1.82) is 5.26 Å². The van der Waals surface area contributed by atoms with Gasteiger partial charge in [0, 0.05) is 5.75 Å². The van der Waals surface area contributed by atoms with Crippen molar-refractivity contribution in [2.24, 2.45) is 0 Å². The molecule has 0 aromatic heterocycles. The molecule has 102 valence electrons. The number of hydrogen-bond donors (Lipinski definition) is 0. The predicted octanol–water partition coefficient (Wildman–Crippen LogP) is 4.46. The lowest BCUT2D eigenvalue weighted by molar-refractivity contribution is 0.318. The maximum Gasteiger partial charge on any atom is 0.133 e. The Labute approximate surface area is 123 Å². The summed E-state index contributed by atoms with van der Waals surface area (Å²) in [7, 11) is 0. The van der Waals surface area contributed by atoms with Crippen molar-refractivity contribution in [2.75, 3.05) is 12.4 Å². The first-order valence-electron chi connectivity index (χ1n) is 6.35. The Morgan fingerprint density at radius 3 is 2.25 bits per heavy atom. The summed E-state index contributed by atoms with van der Waals surface area (Å²) in [6, 6.07) is 17.2. The van der Waals surface area contributed by atoms with Crippen LogP contribution >= 0.6 is 11.8 Å². The van der Waals surface area contributed by atoms with E-state index in [-0.39, 0.29) is 0 Å². The molecule has 0 saturated carbocycles. The summed E-state index contributed by atoms with van der Waals surface area (Å²) in [5.41, 5.74) is 0. The Hall–Kier alpha value is -2.12. The predicted molar refractivity (Wildman–Crippen MR) is 81.1 cm³/mol. The second kappa shape index (κ2) is 8.13. The number of rotatable bonds is 7. The van der Waals surface area contributed by atoms with Crippen molar-refractivity contribution in [3.63, 3.8) is 0 Å². The first kappa shape index (κ1) is 14.3. The van der Waals surface area contributed by atoms with Crippen molar-refractivity contribution < 1.29 is 9.47 Å². The van der Waals surface area contributed by atoms with Crippen molar-refractivity contribution in [3.05, 3.63) is 54.6 Å². The van der Waals surface area contributed by atoms with Gasteiger partial charge in [-0.25, -0.2) is 0 Å². The first-order valence-corrected chi connectivity index (χ1v) is 7.34. The summed E-state index contributed by atoms with van der Waals surface area (Å²) in [6.07, 6.45) is 0.862. The lowest BCUT2D eigenvalue weighted by atomic mass is 10.3. The van der Waals surface area contributed by atoms with E-state index in [1.807, 2.05) is 60.0 Å². The lowest BCUT2D eigenvalue weighted by Crippen LogP contribution is -1.98. The van der Waals surface area contributed by atoms with Crippen LogP contribution in [-0.2, 0) is 0 Å². The lowest BCUT2D eigenvalue weighted by Gasteiger charge is -2.08. The molecule has 0 amide bonds. The molecule has 4 heteroatoms. The van der Waals surface area contributed by atoms with Gasteiger partial charge in [0.2, 0.25) is 0 Å². The molecular weight excluding hydrogens is 270 g/mol. The Balaban J connectivity index is 1.79. The fourth-order valence-electron chi connectivity index (χ4n) is 1.60. The quantitative estimate of drug-likeness (QED) is 0.556. The summed E-state index contributed by atoms with van der Waals surface area (Å²) in [4.78, 5) is 0. The smallest absolute Gasteiger partial charge is 0.133 e. The van der Waals surface area contributed by atoms with E-state index in [0.717, 1.165) is 29.4 Å². The molecule has 0 aliphatic heterocycles. The van der Waals surface area contributed by atoms with E-state index in [0.29, 0.717) is 6.61 Å².